The fraction of sp³-hybridized carbons (Fsp3) is 0.613. The molecule has 2 aliphatic rings. The number of ether oxygens (including phenoxy) is 1. The van der Waals surface area contributed by atoms with Gasteiger partial charge in [-0.15, -0.1) is 0 Å². The second-order valence-electron chi connectivity index (χ2n) is 10.5. The Hall–Kier alpha value is -2.41. The molecule has 0 heterocycles. The van der Waals surface area contributed by atoms with Crippen LogP contribution in [0.4, 0.5) is 4.39 Å². The van der Waals surface area contributed by atoms with Crippen LogP contribution < -0.4 is 0 Å². The number of hydrogen-bond acceptors (Lipinski definition) is 3. The zero-order valence-corrected chi connectivity index (χ0v) is 21.4. The smallest absolute Gasteiger partial charge is 0.309 e. The zero-order valence-electron chi connectivity index (χ0n) is 21.4. The van der Waals surface area contributed by atoms with Crippen LogP contribution in [0.1, 0.15) is 107 Å². The molecule has 3 rings (SSSR count). The SMILES string of the molecule is CCCCCc1ccc(C2CCC(C(=O)OC3CCC(CC/C=C/C=C(F)C#N)CC3)CC2)cc1. The van der Waals surface area contributed by atoms with Crippen LogP contribution in [-0.2, 0) is 16.0 Å². The van der Waals surface area contributed by atoms with Crippen molar-refractivity contribution in [3.8, 4) is 6.07 Å². The zero-order chi connectivity index (χ0) is 24.9. The molecule has 2 saturated carbocycles. The monoisotopic (exact) mass is 479 g/mol. The Bertz CT molecular complexity index is 866. The van der Waals surface area contributed by atoms with Gasteiger partial charge in [0, 0.05) is 0 Å². The van der Waals surface area contributed by atoms with Crippen molar-refractivity contribution in [2.45, 2.75) is 109 Å². The lowest BCUT2D eigenvalue weighted by Gasteiger charge is -2.31. The quantitative estimate of drug-likeness (QED) is 0.138. The van der Waals surface area contributed by atoms with Crippen molar-refractivity contribution in [2.75, 3.05) is 0 Å². The molecule has 0 bridgehead atoms. The molecule has 4 heteroatoms. The molecule has 0 radical (unpaired) electrons. The second kappa shape index (κ2) is 14.9. The predicted octanol–water partition coefficient (Wildman–Crippen LogP) is 8.51. The van der Waals surface area contributed by atoms with E-state index in [1.54, 1.807) is 6.08 Å². The number of benzene rings is 1. The van der Waals surface area contributed by atoms with E-state index in [1.165, 1.54) is 49.0 Å². The van der Waals surface area contributed by atoms with Gasteiger partial charge in [-0.1, -0.05) is 56.2 Å². The van der Waals surface area contributed by atoms with Crippen LogP contribution in [0.5, 0.6) is 0 Å². The number of nitrogens with zero attached hydrogens (tertiary/aromatic N) is 1. The first-order chi connectivity index (χ1) is 17.1. The van der Waals surface area contributed by atoms with Gasteiger partial charge in [0.2, 0.25) is 0 Å². The number of rotatable bonds is 11. The predicted molar refractivity (Wildman–Crippen MR) is 139 cm³/mol. The van der Waals surface area contributed by atoms with Gasteiger partial charge in [0.25, 0.3) is 0 Å². The highest BCUT2D eigenvalue weighted by Crippen LogP contribution is 2.37. The molecule has 2 aliphatic carbocycles. The molecule has 190 valence electrons. The Morgan fingerprint density at radius 3 is 2.43 bits per heavy atom. The summed E-state index contributed by atoms with van der Waals surface area (Å²) in [4.78, 5) is 12.8. The highest BCUT2D eigenvalue weighted by molar-refractivity contribution is 5.72. The summed E-state index contributed by atoms with van der Waals surface area (Å²) >= 11 is 0. The van der Waals surface area contributed by atoms with Crippen molar-refractivity contribution in [1.29, 1.82) is 5.26 Å². The van der Waals surface area contributed by atoms with Crippen molar-refractivity contribution in [1.82, 2.24) is 0 Å². The standard InChI is InChI=1S/C31H42FNO2/c1-2-3-5-8-24-11-15-26(16-12-24)27-17-19-28(20-18-27)31(34)35-30-21-13-25(14-22-30)9-6-4-7-10-29(32)23-33/h4,7,10-12,15-16,25,27-28,30H,2-3,5-6,8-9,13-14,17-22H2,1H3/b7-4+,29-10?. The molecule has 1 aromatic carbocycles. The molecular weight excluding hydrogens is 437 g/mol. The van der Waals surface area contributed by atoms with Crippen molar-refractivity contribution >= 4 is 5.97 Å². The van der Waals surface area contributed by atoms with Crippen LogP contribution in [0.25, 0.3) is 0 Å². The Balaban J connectivity index is 1.32. The summed E-state index contributed by atoms with van der Waals surface area (Å²) < 4.78 is 18.7. The molecule has 0 unspecified atom stereocenters. The van der Waals surface area contributed by atoms with Crippen LogP contribution >= 0.6 is 0 Å². The first-order valence-corrected chi connectivity index (χ1v) is 13.8. The summed E-state index contributed by atoms with van der Waals surface area (Å²) in [5.41, 5.74) is 2.87. The molecule has 0 spiro atoms. The van der Waals surface area contributed by atoms with E-state index >= 15 is 0 Å². The van der Waals surface area contributed by atoms with Crippen molar-refractivity contribution in [3.05, 3.63) is 59.4 Å². The van der Waals surface area contributed by atoms with E-state index in [9.17, 15) is 9.18 Å². The van der Waals surface area contributed by atoms with Gasteiger partial charge in [-0.25, -0.2) is 0 Å². The molecule has 0 amide bonds. The molecule has 0 N–H and O–H groups in total. The molecule has 2 fully saturated rings. The number of unbranched alkanes of at least 4 members (excludes halogenated alkanes) is 2. The molecule has 0 aliphatic heterocycles. The van der Waals surface area contributed by atoms with Gasteiger partial charge in [0.05, 0.1) is 5.92 Å². The maximum Gasteiger partial charge on any atom is 0.309 e. The van der Waals surface area contributed by atoms with Gasteiger partial charge in [-0.05, 0) is 106 Å². The number of carbonyl (C=O) groups excluding carboxylic acids is 1. The lowest BCUT2D eigenvalue weighted by atomic mass is 9.78. The van der Waals surface area contributed by atoms with Crippen LogP contribution in [0, 0.1) is 23.2 Å². The van der Waals surface area contributed by atoms with Gasteiger partial charge in [0.15, 0.2) is 5.83 Å². The fourth-order valence-electron chi connectivity index (χ4n) is 5.61. The van der Waals surface area contributed by atoms with Crippen molar-refractivity contribution in [2.24, 2.45) is 11.8 Å². The topological polar surface area (TPSA) is 50.1 Å². The summed E-state index contributed by atoms with van der Waals surface area (Å²) in [6.45, 7) is 2.24. The maximum atomic E-state index is 12.8. The fourth-order valence-corrected chi connectivity index (χ4v) is 5.61. The first-order valence-electron chi connectivity index (χ1n) is 13.8. The van der Waals surface area contributed by atoms with Crippen LogP contribution in [0.15, 0.2) is 48.3 Å². The van der Waals surface area contributed by atoms with Crippen LogP contribution in [-0.4, -0.2) is 12.1 Å². The summed E-state index contributed by atoms with van der Waals surface area (Å²) in [7, 11) is 0. The summed E-state index contributed by atoms with van der Waals surface area (Å²) in [6, 6.07) is 10.7. The number of halogens is 1. The largest absolute Gasteiger partial charge is 0.462 e. The molecule has 1 aromatic rings. The Kier molecular flexibility index (Phi) is 11.5. The van der Waals surface area contributed by atoms with E-state index in [-0.39, 0.29) is 18.0 Å². The number of esters is 1. The molecule has 3 nitrogen and oxygen atoms in total. The highest BCUT2D eigenvalue weighted by Gasteiger charge is 2.31. The Labute approximate surface area is 211 Å². The van der Waals surface area contributed by atoms with Crippen molar-refractivity contribution < 1.29 is 13.9 Å². The maximum absolute atomic E-state index is 12.8. The van der Waals surface area contributed by atoms with Gasteiger partial charge >= 0.3 is 5.97 Å². The number of hydrogen-bond donors (Lipinski definition) is 0. The Morgan fingerprint density at radius 1 is 1.06 bits per heavy atom. The van der Waals surface area contributed by atoms with E-state index < -0.39 is 5.83 Å². The minimum absolute atomic E-state index is 0.0208. The third kappa shape index (κ3) is 9.28. The van der Waals surface area contributed by atoms with Crippen LogP contribution in [0.2, 0.25) is 0 Å². The lowest BCUT2D eigenvalue weighted by Crippen LogP contribution is -2.29. The molecule has 0 atom stereocenters. The summed E-state index contributed by atoms with van der Waals surface area (Å²) in [5, 5.41) is 8.40. The first kappa shape index (κ1) is 27.2. The number of nitriles is 1. The second-order valence-corrected chi connectivity index (χ2v) is 10.5. The van der Waals surface area contributed by atoms with Crippen LogP contribution in [0.3, 0.4) is 0 Å². The van der Waals surface area contributed by atoms with Gasteiger partial charge in [0.1, 0.15) is 12.2 Å². The lowest BCUT2D eigenvalue weighted by molar-refractivity contribution is -0.157. The van der Waals surface area contributed by atoms with E-state index in [0.717, 1.165) is 64.2 Å². The van der Waals surface area contributed by atoms with Crippen molar-refractivity contribution in [3.63, 3.8) is 0 Å². The summed E-state index contributed by atoms with van der Waals surface area (Å²) in [6.07, 6.45) is 19.8. The third-order valence-electron chi connectivity index (χ3n) is 7.88. The molecule has 0 saturated heterocycles. The van der Waals surface area contributed by atoms with E-state index in [4.69, 9.17) is 10.00 Å². The van der Waals surface area contributed by atoms with Gasteiger partial charge in [-0.2, -0.15) is 9.65 Å². The van der Waals surface area contributed by atoms with Gasteiger partial charge in [-0.3, -0.25) is 4.79 Å². The molecule has 35 heavy (non-hydrogen) atoms. The molecule has 0 aromatic heterocycles. The molecular formula is C31H42FNO2. The normalized spacial score (nSPS) is 25.3. The number of carbonyl (C=O) groups is 1. The minimum Gasteiger partial charge on any atom is -0.462 e. The number of aryl methyl sites for hydroxylation is 1. The van der Waals surface area contributed by atoms with E-state index in [2.05, 4.69) is 31.2 Å². The third-order valence-corrected chi connectivity index (χ3v) is 7.88. The van der Waals surface area contributed by atoms with Gasteiger partial charge < -0.3 is 4.74 Å². The van der Waals surface area contributed by atoms with E-state index in [1.807, 2.05) is 6.08 Å². The van der Waals surface area contributed by atoms with E-state index in [0.29, 0.717) is 11.8 Å². The number of allylic oxidation sites excluding steroid dienone is 4. The average Bonchev–Trinajstić information content (AvgIpc) is 2.90. The average molecular weight is 480 g/mol. The Morgan fingerprint density at radius 2 is 1.77 bits per heavy atom. The highest BCUT2D eigenvalue weighted by atomic mass is 19.1. The summed E-state index contributed by atoms with van der Waals surface area (Å²) in [5.74, 6) is 0.522. The minimum atomic E-state index is -0.760.